The SMILES string of the molecule is CC(C)(C)CC(C)(C)NC(=O)c1nnc(N)s1. The third kappa shape index (κ3) is 4.68. The van der Waals surface area contributed by atoms with Crippen LogP contribution in [0.3, 0.4) is 0 Å². The van der Waals surface area contributed by atoms with Gasteiger partial charge in [-0.2, -0.15) is 0 Å². The summed E-state index contributed by atoms with van der Waals surface area (Å²) in [7, 11) is 0. The Kier molecular flexibility index (Phi) is 3.76. The first-order chi connectivity index (χ1) is 7.59. The molecule has 0 aliphatic carbocycles. The minimum atomic E-state index is -0.282. The van der Waals surface area contributed by atoms with Gasteiger partial charge in [0.2, 0.25) is 10.1 Å². The Morgan fingerprint density at radius 3 is 2.29 bits per heavy atom. The van der Waals surface area contributed by atoms with E-state index in [1.165, 1.54) is 0 Å². The van der Waals surface area contributed by atoms with Crippen molar-refractivity contribution in [2.24, 2.45) is 5.41 Å². The molecule has 1 rings (SSSR count). The average molecular weight is 256 g/mol. The van der Waals surface area contributed by atoms with Crippen LogP contribution in [0.1, 0.15) is 50.8 Å². The molecule has 5 nitrogen and oxygen atoms in total. The van der Waals surface area contributed by atoms with Crippen LogP contribution >= 0.6 is 11.3 Å². The maximum absolute atomic E-state index is 11.9. The van der Waals surface area contributed by atoms with E-state index >= 15 is 0 Å². The largest absolute Gasteiger partial charge is 0.374 e. The number of amides is 1. The van der Waals surface area contributed by atoms with Crippen molar-refractivity contribution in [2.75, 3.05) is 5.73 Å². The molecule has 0 spiro atoms. The first kappa shape index (κ1) is 13.9. The van der Waals surface area contributed by atoms with Crippen LogP contribution in [0.5, 0.6) is 0 Å². The fourth-order valence-electron chi connectivity index (χ4n) is 2.06. The molecule has 6 heteroatoms. The van der Waals surface area contributed by atoms with E-state index in [1.807, 2.05) is 13.8 Å². The maximum Gasteiger partial charge on any atom is 0.282 e. The minimum Gasteiger partial charge on any atom is -0.374 e. The van der Waals surface area contributed by atoms with Crippen LogP contribution in [0.15, 0.2) is 0 Å². The minimum absolute atomic E-state index is 0.150. The van der Waals surface area contributed by atoms with Crippen molar-refractivity contribution >= 4 is 22.4 Å². The van der Waals surface area contributed by atoms with Gasteiger partial charge in [-0.25, -0.2) is 0 Å². The topological polar surface area (TPSA) is 80.9 Å². The lowest BCUT2D eigenvalue weighted by Crippen LogP contribution is -2.45. The summed E-state index contributed by atoms with van der Waals surface area (Å²) < 4.78 is 0. The number of aromatic nitrogens is 2. The number of rotatable bonds is 3. The molecule has 1 amide bonds. The van der Waals surface area contributed by atoms with E-state index in [1.54, 1.807) is 0 Å². The predicted molar refractivity (Wildman–Crippen MR) is 69.9 cm³/mol. The molecule has 1 aromatic heterocycles. The van der Waals surface area contributed by atoms with Crippen LogP contribution in [-0.4, -0.2) is 21.6 Å². The predicted octanol–water partition coefficient (Wildman–Crippen LogP) is 2.06. The number of hydrogen-bond donors (Lipinski definition) is 2. The van der Waals surface area contributed by atoms with E-state index in [0.29, 0.717) is 10.1 Å². The molecule has 3 N–H and O–H groups in total. The summed E-state index contributed by atoms with van der Waals surface area (Å²) >= 11 is 1.10. The van der Waals surface area contributed by atoms with Crippen molar-refractivity contribution in [1.82, 2.24) is 15.5 Å². The summed E-state index contributed by atoms with van der Waals surface area (Å²) in [6.45, 7) is 10.4. The molecule has 0 radical (unpaired) electrons. The van der Waals surface area contributed by atoms with Crippen molar-refractivity contribution in [3.63, 3.8) is 0 Å². The summed E-state index contributed by atoms with van der Waals surface area (Å²) in [6.07, 6.45) is 0.875. The smallest absolute Gasteiger partial charge is 0.282 e. The Hall–Kier alpha value is -1.17. The van der Waals surface area contributed by atoms with Gasteiger partial charge in [0.05, 0.1) is 0 Å². The van der Waals surface area contributed by atoms with Crippen LogP contribution < -0.4 is 11.1 Å². The normalized spacial score (nSPS) is 12.5. The number of anilines is 1. The van der Waals surface area contributed by atoms with E-state index in [2.05, 4.69) is 36.3 Å². The third-order valence-electron chi connectivity index (χ3n) is 2.06. The lowest BCUT2D eigenvalue weighted by molar-refractivity contribution is 0.0890. The number of nitrogen functional groups attached to an aromatic ring is 1. The van der Waals surface area contributed by atoms with Crippen LogP contribution in [0.2, 0.25) is 0 Å². The van der Waals surface area contributed by atoms with Gasteiger partial charge in [-0.05, 0) is 25.7 Å². The molecule has 0 unspecified atom stereocenters. The van der Waals surface area contributed by atoms with Gasteiger partial charge in [-0.1, -0.05) is 32.1 Å². The number of carbonyl (C=O) groups is 1. The zero-order valence-electron chi connectivity index (χ0n) is 11.0. The van der Waals surface area contributed by atoms with E-state index in [9.17, 15) is 4.79 Å². The van der Waals surface area contributed by atoms with E-state index in [4.69, 9.17) is 5.73 Å². The first-order valence-electron chi connectivity index (χ1n) is 5.51. The van der Waals surface area contributed by atoms with Crippen molar-refractivity contribution < 1.29 is 4.79 Å². The zero-order chi connectivity index (χ0) is 13.3. The monoisotopic (exact) mass is 256 g/mol. The molecule has 0 atom stereocenters. The molecule has 1 aromatic rings. The second-order valence-corrected chi connectivity index (χ2v) is 7.03. The Morgan fingerprint density at radius 1 is 1.29 bits per heavy atom. The van der Waals surface area contributed by atoms with Gasteiger partial charge in [-0.3, -0.25) is 4.79 Å². The molecule has 0 bridgehead atoms. The average Bonchev–Trinajstić information content (AvgIpc) is 2.45. The Balaban J connectivity index is 2.68. The van der Waals surface area contributed by atoms with Gasteiger partial charge in [-0.15, -0.1) is 10.2 Å². The lowest BCUT2D eigenvalue weighted by atomic mass is 9.82. The van der Waals surface area contributed by atoms with Crippen molar-refractivity contribution in [3.05, 3.63) is 5.01 Å². The Morgan fingerprint density at radius 2 is 1.88 bits per heavy atom. The van der Waals surface area contributed by atoms with Gasteiger partial charge in [0, 0.05) is 5.54 Å². The van der Waals surface area contributed by atoms with Crippen LogP contribution in [0.25, 0.3) is 0 Å². The Labute approximate surface area is 106 Å². The molecule has 0 aliphatic rings. The van der Waals surface area contributed by atoms with Crippen LogP contribution in [0, 0.1) is 5.41 Å². The fraction of sp³-hybridized carbons (Fsp3) is 0.727. The van der Waals surface area contributed by atoms with Crippen LogP contribution in [0.4, 0.5) is 5.13 Å². The highest BCUT2D eigenvalue weighted by molar-refractivity contribution is 7.16. The highest BCUT2D eigenvalue weighted by Crippen LogP contribution is 2.27. The summed E-state index contributed by atoms with van der Waals surface area (Å²) in [5.74, 6) is -0.214. The fourth-order valence-corrected chi connectivity index (χ4v) is 2.56. The number of nitrogens with two attached hydrogens (primary N) is 1. The Bertz CT molecular complexity index is 406. The van der Waals surface area contributed by atoms with E-state index in [0.717, 1.165) is 17.8 Å². The molecule has 0 aromatic carbocycles. The van der Waals surface area contributed by atoms with Crippen molar-refractivity contribution in [2.45, 2.75) is 46.6 Å². The molecule has 1 heterocycles. The number of nitrogens with zero attached hydrogens (tertiary/aromatic N) is 2. The number of nitrogens with one attached hydrogen (secondary N) is 1. The quantitative estimate of drug-likeness (QED) is 0.867. The third-order valence-corrected chi connectivity index (χ3v) is 2.81. The van der Waals surface area contributed by atoms with Gasteiger partial charge in [0.25, 0.3) is 5.91 Å². The van der Waals surface area contributed by atoms with Crippen LogP contribution in [-0.2, 0) is 0 Å². The maximum atomic E-state index is 11.9. The second-order valence-electron chi connectivity index (χ2n) is 6.02. The first-order valence-corrected chi connectivity index (χ1v) is 6.32. The second kappa shape index (κ2) is 4.60. The molecule has 17 heavy (non-hydrogen) atoms. The summed E-state index contributed by atoms with van der Waals surface area (Å²) in [5, 5.41) is 10.9. The summed E-state index contributed by atoms with van der Waals surface area (Å²) in [5.41, 5.74) is 5.31. The van der Waals surface area contributed by atoms with Gasteiger partial charge in [0.15, 0.2) is 0 Å². The molecule has 0 saturated heterocycles. The zero-order valence-corrected chi connectivity index (χ0v) is 11.8. The summed E-state index contributed by atoms with van der Waals surface area (Å²) in [4.78, 5) is 11.9. The van der Waals surface area contributed by atoms with Crippen molar-refractivity contribution in [1.29, 1.82) is 0 Å². The lowest BCUT2D eigenvalue weighted by Gasteiger charge is -2.32. The van der Waals surface area contributed by atoms with Crippen molar-refractivity contribution in [3.8, 4) is 0 Å². The molecule has 0 saturated carbocycles. The molecule has 0 aliphatic heterocycles. The van der Waals surface area contributed by atoms with Gasteiger partial charge in [0.1, 0.15) is 0 Å². The molecule has 0 fully saturated rings. The summed E-state index contributed by atoms with van der Waals surface area (Å²) in [6, 6.07) is 0. The highest BCUT2D eigenvalue weighted by atomic mass is 32.1. The highest BCUT2D eigenvalue weighted by Gasteiger charge is 2.28. The molecule has 96 valence electrons. The van der Waals surface area contributed by atoms with Gasteiger partial charge < -0.3 is 11.1 Å². The van der Waals surface area contributed by atoms with E-state index in [-0.39, 0.29) is 16.9 Å². The standard InChI is InChI=1S/C11H20N4OS/c1-10(2,3)6-11(4,5)13-7(16)8-14-15-9(12)17-8/h6H2,1-5H3,(H2,12,15)(H,13,16). The number of carbonyl (C=O) groups excluding carboxylic acids is 1. The van der Waals surface area contributed by atoms with Gasteiger partial charge >= 0.3 is 0 Å². The van der Waals surface area contributed by atoms with E-state index < -0.39 is 0 Å². The molecular formula is C11H20N4OS. The number of hydrogen-bond acceptors (Lipinski definition) is 5. The molecular weight excluding hydrogens is 236 g/mol.